The van der Waals surface area contributed by atoms with Crippen molar-refractivity contribution in [2.45, 2.75) is 51.6 Å². The van der Waals surface area contributed by atoms with Gasteiger partial charge in [-0.05, 0) is 24.6 Å². The molecule has 1 rings (SSSR count). The van der Waals surface area contributed by atoms with Crippen molar-refractivity contribution >= 4 is 11.4 Å². The van der Waals surface area contributed by atoms with Crippen molar-refractivity contribution in [1.82, 2.24) is 0 Å². The maximum Gasteiger partial charge on any atom is 0.416 e. The molecular formula is C16H25F3N2. The Bertz CT molecular complexity index is 416. The highest BCUT2D eigenvalue weighted by Gasteiger charge is 2.30. The minimum atomic E-state index is -4.30. The molecule has 0 aliphatic rings. The molecule has 1 aromatic carbocycles. The van der Waals surface area contributed by atoms with Gasteiger partial charge < -0.3 is 10.6 Å². The smallest absolute Gasteiger partial charge is 0.386 e. The second-order valence-electron chi connectivity index (χ2n) is 5.20. The minimum absolute atomic E-state index is 0.482. The lowest BCUT2D eigenvalue weighted by Gasteiger charge is -2.14. The molecule has 0 aliphatic heterocycles. The average Bonchev–Trinajstić information content (AvgIpc) is 2.45. The fraction of sp³-hybridized carbons (Fsp3) is 0.625. The lowest BCUT2D eigenvalue weighted by atomic mass is 10.1. The molecular weight excluding hydrogens is 277 g/mol. The predicted octanol–water partition coefficient (Wildman–Crippen LogP) is 5.52. The summed E-state index contributed by atoms with van der Waals surface area (Å²) in [7, 11) is 1.63. The Labute approximate surface area is 125 Å². The monoisotopic (exact) mass is 302 g/mol. The van der Waals surface area contributed by atoms with E-state index in [1.54, 1.807) is 7.05 Å². The molecule has 0 radical (unpaired) electrons. The van der Waals surface area contributed by atoms with Crippen LogP contribution in [0.15, 0.2) is 18.2 Å². The van der Waals surface area contributed by atoms with Gasteiger partial charge in [0.25, 0.3) is 0 Å². The first-order valence-electron chi connectivity index (χ1n) is 7.62. The zero-order valence-corrected chi connectivity index (χ0v) is 12.8. The SMILES string of the molecule is CCCCCCCCNc1ccc(C(F)(F)F)cc1NC. The van der Waals surface area contributed by atoms with Crippen molar-refractivity contribution in [3.8, 4) is 0 Å². The maximum absolute atomic E-state index is 12.6. The Morgan fingerprint density at radius 2 is 1.62 bits per heavy atom. The van der Waals surface area contributed by atoms with E-state index in [9.17, 15) is 13.2 Å². The Morgan fingerprint density at radius 1 is 0.952 bits per heavy atom. The summed E-state index contributed by atoms with van der Waals surface area (Å²) in [5, 5.41) is 6.02. The molecule has 0 heterocycles. The molecule has 5 heteroatoms. The van der Waals surface area contributed by atoms with E-state index < -0.39 is 11.7 Å². The van der Waals surface area contributed by atoms with E-state index in [4.69, 9.17) is 0 Å². The number of alkyl halides is 3. The van der Waals surface area contributed by atoms with E-state index in [2.05, 4.69) is 17.6 Å². The van der Waals surface area contributed by atoms with Gasteiger partial charge in [-0.3, -0.25) is 0 Å². The van der Waals surface area contributed by atoms with Crippen LogP contribution in [0.4, 0.5) is 24.5 Å². The fourth-order valence-electron chi connectivity index (χ4n) is 2.21. The maximum atomic E-state index is 12.6. The van der Waals surface area contributed by atoms with Gasteiger partial charge in [0.15, 0.2) is 0 Å². The number of hydrogen-bond donors (Lipinski definition) is 2. The molecule has 0 saturated carbocycles. The molecule has 0 atom stereocenters. The fourth-order valence-corrected chi connectivity index (χ4v) is 2.21. The van der Waals surface area contributed by atoms with Gasteiger partial charge >= 0.3 is 6.18 Å². The molecule has 0 aliphatic carbocycles. The van der Waals surface area contributed by atoms with Gasteiger partial charge in [0.2, 0.25) is 0 Å². The van der Waals surface area contributed by atoms with Gasteiger partial charge in [-0.2, -0.15) is 13.2 Å². The molecule has 0 fully saturated rings. The highest BCUT2D eigenvalue weighted by molar-refractivity contribution is 5.69. The molecule has 0 bridgehead atoms. The van der Waals surface area contributed by atoms with Crippen LogP contribution in [0.3, 0.4) is 0 Å². The van der Waals surface area contributed by atoms with Crippen LogP contribution in [-0.2, 0) is 6.18 Å². The highest BCUT2D eigenvalue weighted by atomic mass is 19.4. The van der Waals surface area contributed by atoms with Crippen LogP contribution in [0, 0.1) is 0 Å². The third-order valence-corrected chi connectivity index (χ3v) is 3.46. The Morgan fingerprint density at radius 3 is 2.24 bits per heavy atom. The number of nitrogens with one attached hydrogen (secondary N) is 2. The summed E-state index contributed by atoms with van der Waals surface area (Å²) in [6.07, 6.45) is 2.88. The normalized spacial score (nSPS) is 11.5. The summed E-state index contributed by atoms with van der Waals surface area (Å²) >= 11 is 0. The molecule has 0 spiro atoms. The summed E-state index contributed by atoms with van der Waals surface area (Å²) < 4.78 is 37.9. The molecule has 21 heavy (non-hydrogen) atoms. The van der Waals surface area contributed by atoms with E-state index in [1.807, 2.05) is 0 Å². The Kier molecular flexibility index (Phi) is 7.40. The van der Waals surface area contributed by atoms with Gasteiger partial charge in [-0.15, -0.1) is 0 Å². The van der Waals surface area contributed by atoms with E-state index >= 15 is 0 Å². The zero-order valence-electron chi connectivity index (χ0n) is 12.8. The second kappa shape index (κ2) is 8.80. The first-order chi connectivity index (χ1) is 9.99. The standard InChI is InChI=1S/C16H25F3N2/c1-3-4-5-6-7-8-11-21-14-10-9-13(16(17,18)19)12-15(14)20-2/h9-10,12,20-21H,3-8,11H2,1-2H3. The van der Waals surface area contributed by atoms with Crippen LogP contribution in [0.5, 0.6) is 0 Å². The van der Waals surface area contributed by atoms with Gasteiger partial charge in [0.05, 0.1) is 16.9 Å². The number of benzene rings is 1. The van der Waals surface area contributed by atoms with Crippen LogP contribution in [0.25, 0.3) is 0 Å². The van der Waals surface area contributed by atoms with Crippen molar-refractivity contribution in [1.29, 1.82) is 0 Å². The topological polar surface area (TPSA) is 24.1 Å². The zero-order chi connectivity index (χ0) is 15.7. The molecule has 0 aromatic heterocycles. The molecule has 0 unspecified atom stereocenters. The number of unbranched alkanes of at least 4 members (excludes halogenated alkanes) is 5. The summed E-state index contributed by atoms with van der Waals surface area (Å²) in [5.41, 5.74) is 0.576. The van der Waals surface area contributed by atoms with Crippen molar-refractivity contribution in [3.05, 3.63) is 23.8 Å². The first kappa shape index (κ1) is 17.7. The molecule has 0 amide bonds. The second-order valence-corrected chi connectivity index (χ2v) is 5.20. The summed E-state index contributed by atoms with van der Waals surface area (Å²) in [5.74, 6) is 0. The molecule has 120 valence electrons. The highest BCUT2D eigenvalue weighted by Crippen LogP contribution is 2.33. The number of halogens is 3. The first-order valence-corrected chi connectivity index (χ1v) is 7.62. The molecule has 0 saturated heterocycles. The van der Waals surface area contributed by atoms with Crippen molar-refractivity contribution < 1.29 is 13.2 Å². The van der Waals surface area contributed by atoms with Gasteiger partial charge in [0.1, 0.15) is 0 Å². The quantitative estimate of drug-likeness (QED) is 0.587. The molecule has 2 N–H and O–H groups in total. The lowest BCUT2D eigenvalue weighted by molar-refractivity contribution is -0.137. The number of anilines is 2. The van der Waals surface area contributed by atoms with Crippen molar-refractivity contribution in [3.63, 3.8) is 0 Å². The van der Waals surface area contributed by atoms with Crippen LogP contribution < -0.4 is 10.6 Å². The molecule has 2 nitrogen and oxygen atoms in total. The van der Waals surface area contributed by atoms with Crippen molar-refractivity contribution in [2.75, 3.05) is 24.2 Å². The molecule has 1 aromatic rings. The Hall–Kier alpha value is -1.39. The van der Waals surface area contributed by atoms with E-state index in [-0.39, 0.29) is 0 Å². The van der Waals surface area contributed by atoms with Crippen LogP contribution >= 0.6 is 0 Å². The average molecular weight is 302 g/mol. The van der Waals surface area contributed by atoms with Crippen LogP contribution in [0.1, 0.15) is 51.0 Å². The van der Waals surface area contributed by atoms with Gasteiger partial charge in [0, 0.05) is 13.6 Å². The Balaban J connectivity index is 2.44. The third-order valence-electron chi connectivity index (χ3n) is 3.46. The van der Waals surface area contributed by atoms with Gasteiger partial charge in [-0.25, -0.2) is 0 Å². The van der Waals surface area contributed by atoms with E-state index in [0.29, 0.717) is 5.69 Å². The largest absolute Gasteiger partial charge is 0.416 e. The van der Waals surface area contributed by atoms with Crippen LogP contribution in [-0.4, -0.2) is 13.6 Å². The van der Waals surface area contributed by atoms with E-state index in [0.717, 1.165) is 37.2 Å². The number of hydrogen-bond acceptors (Lipinski definition) is 2. The van der Waals surface area contributed by atoms with Gasteiger partial charge in [-0.1, -0.05) is 39.0 Å². The van der Waals surface area contributed by atoms with Crippen LogP contribution in [0.2, 0.25) is 0 Å². The number of rotatable bonds is 9. The lowest BCUT2D eigenvalue weighted by Crippen LogP contribution is -2.08. The minimum Gasteiger partial charge on any atom is -0.386 e. The third kappa shape index (κ3) is 6.27. The summed E-state index contributed by atoms with van der Waals surface area (Å²) in [4.78, 5) is 0. The summed E-state index contributed by atoms with van der Waals surface area (Å²) in [6, 6.07) is 3.75. The predicted molar refractivity (Wildman–Crippen MR) is 82.9 cm³/mol. The van der Waals surface area contributed by atoms with Crippen molar-refractivity contribution in [2.24, 2.45) is 0 Å². The summed E-state index contributed by atoms with van der Waals surface area (Å²) in [6.45, 7) is 2.97. The van der Waals surface area contributed by atoms with E-state index in [1.165, 1.54) is 31.7 Å².